The van der Waals surface area contributed by atoms with Gasteiger partial charge in [0.15, 0.2) is 5.69 Å². The van der Waals surface area contributed by atoms with Crippen LogP contribution in [0.4, 0.5) is 4.39 Å². The largest absolute Gasteiger partial charge is 0.381 e. The van der Waals surface area contributed by atoms with Crippen LogP contribution in [0.5, 0.6) is 0 Å². The molecule has 1 saturated heterocycles. The van der Waals surface area contributed by atoms with Crippen LogP contribution in [-0.2, 0) is 4.74 Å². The Hall–Kier alpha value is -3.58. The molecule has 0 aliphatic carbocycles. The summed E-state index contributed by atoms with van der Waals surface area (Å²) in [6, 6.07) is 17.8. The summed E-state index contributed by atoms with van der Waals surface area (Å²) < 4.78 is 23.5. The smallest absolute Gasteiger partial charge is 0.209 e. The van der Waals surface area contributed by atoms with E-state index in [0.29, 0.717) is 30.5 Å². The van der Waals surface area contributed by atoms with Crippen molar-refractivity contribution in [2.75, 3.05) is 13.2 Å². The highest BCUT2D eigenvalue weighted by molar-refractivity contribution is 5.57. The van der Waals surface area contributed by atoms with Crippen molar-refractivity contribution in [3.63, 3.8) is 0 Å². The average Bonchev–Trinajstić information content (AvgIpc) is 3.30. The molecule has 5 rings (SSSR count). The van der Waals surface area contributed by atoms with E-state index in [1.165, 1.54) is 16.9 Å². The average molecular weight is 416 g/mol. The number of rotatable bonds is 4. The fourth-order valence-corrected chi connectivity index (χ4v) is 3.97. The minimum absolute atomic E-state index is 0.205. The molecule has 0 amide bonds. The van der Waals surface area contributed by atoms with E-state index in [-0.39, 0.29) is 16.9 Å². The highest BCUT2D eigenvalue weighted by Crippen LogP contribution is 2.29. The van der Waals surface area contributed by atoms with Gasteiger partial charge < -0.3 is 4.74 Å². The van der Waals surface area contributed by atoms with E-state index in [4.69, 9.17) is 4.74 Å². The van der Waals surface area contributed by atoms with E-state index in [1.54, 1.807) is 29.1 Å². The molecule has 0 radical (unpaired) electrons. The molecule has 31 heavy (non-hydrogen) atoms. The van der Waals surface area contributed by atoms with Crippen LogP contribution in [0.25, 0.3) is 22.8 Å². The maximum absolute atomic E-state index is 15.0. The van der Waals surface area contributed by atoms with Crippen molar-refractivity contribution in [1.82, 2.24) is 19.6 Å². The van der Waals surface area contributed by atoms with Crippen molar-refractivity contribution < 1.29 is 9.13 Å². The van der Waals surface area contributed by atoms with Gasteiger partial charge in [-0.15, -0.1) is 0 Å². The lowest BCUT2D eigenvalue weighted by Crippen LogP contribution is -2.16. The monoisotopic (exact) mass is 416 g/mol. The minimum Gasteiger partial charge on any atom is -0.381 e. The summed E-state index contributed by atoms with van der Waals surface area (Å²) in [5.41, 5.74) is 2.57. The van der Waals surface area contributed by atoms with Crippen LogP contribution in [-0.4, -0.2) is 32.8 Å². The molecule has 7 heteroatoms. The van der Waals surface area contributed by atoms with Gasteiger partial charge in [0.1, 0.15) is 11.5 Å². The summed E-state index contributed by atoms with van der Waals surface area (Å²) in [4.78, 5) is 12.6. The van der Waals surface area contributed by atoms with Crippen LogP contribution in [0.2, 0.25) is 0 Å². The fourth-order valence-electron chi connectivity index (χ4n) is 3.97. The molecule has 0 N–H and O–H groups in total. The van der Waals surface area contributed by atoms with Crippen molar-refractivity contribution in [1.29, 1.82) is 0 Å². The van der Waals surface area contributed by atoms with Gasteiger partial charge in [0.25, 0.3) is 0 Å². The maximum atomic E-state index is 15.0. The van der Waals surface area contributed by atoms with Gasteiger partial charge in [-0.2, -0.15) is 10.2 Å². The molecule has 4 aromatic rings. The molecule has 2 aromatic carbocycles. The summed E-state index contributed by atoms with van der Waals surface area (Å²) >= 11 is 0. The Morgan fingerprint density at radius 1 is 1.00 bits per heavy atom. The maximum Gasteiger partial charge on any atom is 0.209 e. The van der Waals surface area contributed by atoms with Gasteiger partial charge in [0.2, 0.25) is 5.43 Å². The summed E-state index contributed by atoms with van der Waals surface area (Å²) in [5, 5.41) is 8.79. The molecular weight excluding hydrogens is 395 g/mol. The van der Waals surface area contributed by atoms with E-state index in [9.17, 15) is 4.79 Å². The Morgan fingerprint density at radius 3 is 2.58 bits per heavy atom. The molecule has 2 aromatic heterocycles. The standard InChI is InChI=1S/C24H21FN4O2/c25-20-16-18(17-10-14-31-15-11-17)6-7-21(20)28-13-9-23(30)24(27-28)22-8-12-26-29(22)19-4-2-1-3-5-19/h1-9,12-13,16-17H,10-11,14-15H2. The number of para-hydroxylation sites is 1. The number of nitrogens with zero attached hydrogens (tertiary/aromatic N) is 4. The Morgan fingerprint density at radius 2 is 1.81 bits per heavy atom. The normalized spacial score (nSPS) is 14.6. The first-order valence-electron chi connectivity index (χ1n) is 10.3. The fraction of sp³-hybridized carbons (Fsp3) is 0.208. The lowest BCUT2D eigenvalue weighted by Gasteiger charge is -2.22. The molecule has 0 saturated carbocycles. The number of aromatic nitrogens is 4. The van der Waals surface area contributed by atoms with Crippen molar-refractivity contribution in [3.05, 3.63) is 94.7 Å². The quantitative estimate of drug-likeness (QED) is 0.502. The number of halogens is 1. The summed E-state index contributed by atoms with van der Waals surface area (Å²) in [6.45, 7) is 1.40. The van der Waals surface area contributed by atoms with Gasteiger partial charge >= 0.3 is 0 Å². The first-order chi connectivity index (χ1) is 15.2. The zero-order chi connectivity index (χ0) is 21.2. The molecule has 1 fully saturated rings. The Labute approximate surface area is 178 Å². The number of hydrogen-bond acceptors (Lipinski definition) is 4. The van der Waals surface area contributed by atoms with E-state index in [0.717, 1.165) is 24.1 Å². The highest BCUT2D eigenvalue weighted by Gasteiger charge is 2.19. The third-order valence-electron chi connectivity index (χ3n) is 5.61. The van der Waals surface area contributed by atoms with Crippen molar-refractivity contribution in [2.24, 2.45) is 0 Å². The first kappa shape index (κ1) is 19.4. The van der Waals surface area contributed by atoms with Crippen LogP contribution in [0.15, 0.2) is 77.9 Å². The molecule has 1 aliphatic heterocycles. The van der Waals surface area contributed by atoms with E-state index in [1.807, 2.05) is 36.4 Å². The predicted molar refractivity (Wildman–Crippen MR) is 115 cm³/mol. The van der Waals surface area contributed by atoms with Gasteiger partial charge in [-0.3, -0.25) is 4.79 Å². The van der Waals surface area contributed by atoms with Gasteiger partial charge in [-0.1, -0.05) is 24.3 Å². The van der Waals surface area contributed by atoms with Gasteiger partial charge in [0, 0.05) is 25.5 Å². The molecule has 6 nitrogen and oxygen atoms in total. The van der Waals surface area contributed by atoms with E-state index >= 15 is 4.39 Å². The zero-order valence-corrected chi connectivity index (χ0v) is 16.8. The summed E-state index contributed by atoms with van der Waals surface area (Å²) in [6.07, 6.45) is 4.89. The van der Waals surface area contributed by atoms with Crippen molar-refractivity contribution in [2.45, 2.75) is 18.8 Å². The van der Waals surface area contributed by atoms with Crippen LogP contribution in [0.3, 0.4) is 0 Å². The van der Waals surface area contributed by atoms with Crippen LogP contribution in [0, 0.1) is 5.82 Å². The molecule has 0 unspecified atom stereocenters. The van der Waals surface area contributed by atoms with Crippen LogP contribution >= 0.6 is 0 Å². The van der Waals surface area contributed by atoms with Crippen molar-refractivity contribution >= 4 is 0 Å². The van der Waals surface area contributed by atoms with Gasteiger partial charge in [0.05, 0.1) is 17.6 Å². The van der Waals surface area contributed by atoms with Crippen LogP contribution < -0.4 is 5.43 Å². The Balaban J connectivity index is 1.53. The third-order valence-corrected chi connectivity index (χ3v) is 5.61. The summed E-state index contributed by atoms with van der Waals surface area (Å²) in [7, 11) is 0. The second kappa shape index (κ2) is 8.28. The lowest BCUT2D eigenvalue weighted by atomic mass is 9.91. The first-order valence-corrected chi connectivity index (χ1v) is 10.3. The molecule has 0 spiro atoms. The number of hydrogen-bond donors (Lipinski definition) is 0. The highest BCUT2D eigenvalue weighted by atomic mass is 19.1. The Kier molecular flexibility index (Phi) is 5.18. The summed E-state index contributed by atoms with van der Waals surface area (Å²) in [5.74, 6) is -0.0716. The zero-order valence-electron chi connectivity index (χ0n) is 16.8. The molecule has 1 aliphatic rings. The lowest BCUT2D eigenvalue weighted by molar-refractivity contribution is 0.0853. The molecule has 0 atom stereocenters. The SMILES string of the molecule is O=c1ccn(-c2ccc(C3CCOCC3)cc2F)nc1-c1ccnn1-c1ccccc1. The van der Waals surface area contributed by atoms with Gasteiger partial charge in [-0.25, -0.2) is 13.8 Å². The molecule has 3 heterocycles. The van der Waals surface area contributed by atoms with E-state index < -0.39 is 0 Å². The van der Waals surface area contributed by atoms with E-state index in [2.05, 4.69) is 10.2 Å². The second-order valence-electron chi connectivity index (χ2n) is 7.53. The number of benzene rings is 2. The van der Waals surface area contributed by atoms with Crippen molar-refractivity contribution in [3.8, 4) is 22.8 Å². The predicted octanol–water partition coefficient (Wildman–Crippen LogP) is 4.12. The van der Waals surface area contributed by atoms with Gasteiger partial charge in [-0.05, 0) is 54.7 Å². The third kappa shape index (κ3) is 3.80. The molecule has 0 bridgehead atoms. The second-order valence-corrected chi connectivity index (χ2v) is 7.53. The Bertz CT molecular complexity index is 1260. The molecule has 156 valence electrons. The molecular formula is C24H21FN4O2. The topological polar surface area (TPSA) is 61.9 Å². The number of ether oxygens (including phenoxy) is 1. The van der Waals surface area contributed by atoms with Crippen LogP contribution in [0.1, 0.15) is 24.3 Å². The minimum atomic E-state index is -0.373.